The molecule has 14 rings (SSSR count). The Morgan fingerprint density at radius 1 is 0.250 bits per heavy atom. The van der Waals surface area contributed by atoms with Crippen molar-refractivity contribution in [2.75, 3.05) is 19.6 Å². The van der Waals surface area contributed by atoms with Gasteiger partial charge in [0.05, 0.1) is 12.1 Å². The first-order chi connectivity index (χ1) is 37.7. The zero-order valence-corrected chi connectivity index (χ0v) is 42.0. The van der Waals surface area contributed by atoms with Gasteiger partial charge >= 0.3 is 0 Å². The highest BCUT2D eigenvalue weighted by Crippen LogP contribution is 2.52. The molecule has 4 unspecified atom stereocenters. The largest absolute Gasteiger partial charge is 0.333 e. The molecule has 10 aromatic carbocycles. The first-order valence-corrected chi connectivity index (χ1v) is 26.5. The molecule has 76 heavy (non-hydrogen) atoms. The van der Waals surface area contributed by atoms with Gasteiger partial charge in [0.25, 0.3) is 0 Å². The molecule has 0 radical (unpaired) electrons. The van der Waals surface area contributed by atoms with E-state index in [0.717, 1.165) is 45.3 Å². The highest BCUT2D eigenvalue weighted by molar-refractivity contribution is 5.87. The minimum absolute atomic E-state index is 0.211. The van der Waals surface area contributed by atoms with E-state index in [1.807, 2.05) is 0 Å². The molecule has 2 aliphatic carbocycles. The van der Waals surface area contributed by atoms with Crippen molar-refractivity contribution < 1.29 is 0 Å². The predicted octanol–water partition coefficient (Wildman–Crippen LogP) is 19.1. The normalized spacial score (nSPS) is 17.5. The molecule has 0 fully saturated rings. The molecule has 0 saturated carbocycles. The number of anilines is 10. The molecule has 4 aliphatic rings. The number of fused-ring (bicyclic) bond motifs is 6. The van der Waals surface area contributed by atoms with Crippen molar-refractivity contribution in [2.24, 2.45) is 0 Å². The van der Waals surface area contributed by atoms with E-state index in [1.54, 1.807) is 0 Å². The second-order valence-corrected chi connectivity index (χ2v) is 20.1. The summed E-state index contributed by atoms with van der Waals surface area (Å²) < 4.78 is 0. The van der Waals surface area contributed by atoms with Crippen LogP contribution in [0.2, 0.25) is 0 Å². The highest BCUT2D eigenvalue weighted by Gasteiger charge is 2.39. The van der Waals surface area contributed by atoms with Crippen LogP contribution in [0.15, 0.2) is 303 Å². The van der Waals surface area contributed by atoms with Crippen LogP contribution >= 0.6 is 0 Å². The van der Waals surface area contributed by atoms with Crippen molar-refractivity contribution in [2.45, 2.75) is 23.9 Å². The Bertz CT molecular complexity index is 3590. The summed E-state index contributed by atoms with van der Waals surface area (Å²) in [7, 11) is 0. The number of benzene rings is 10. The highest BCUT2D eigenvalue weighted by atomic mass is 15.2. The number of hydrogen-bond acceptors (Lipinski definition) is 4. The molecular formula is C72H54N4. The Balaban J connectivity index is 0.831. The van der Waals surface area contributed by atoms with Gasteiger partial charge in [-0.1, -0.05) is 194 Å². The van der Waals surface area contributed by atoms with Crippen molar-refractivity contribution in [3.05, 3.63) is 315 Å². The fourth-order valence-electron chi connectivity index (χ4n) is 12.1. The molecule has 4 atom stereocenters. The number of hydrogen-bond donors (Lipinski definition) is 0. The Hall–Kier alpha value is -9.64. The van der Waals surface area contributed by atoms with Crippen LogP contribution in [0.3, 0.4) is 0 Å². The van der Waals surface area contributed by atoms with Gasteiger partial charge in [0, 0.05) is 68.7 Å². The standard InChI is InChI=1S/C72H54N4/c1-5-19-51(20-6-1)55-23-17-29-61(47-55)73(63-43-45-71-67(49-63)65-31-13-15-33-69(65)75(71)57-25-9-3-10-26-57)59-39-35-53(36-40-59)54-37-41-60(42-38-54)74(62-30-18-24-56(48-62)52-21-7-2-8-22-52)64-44-46-72-68(50-64)66-32-14-16-34-70(66)76(72)58-27-11-4-12-28-58/h1-50,65-66,69-70H. The average molecular weight is 975 g/mol. The predicted molar refractivity (Wildman–Crippen MR) is 319 cm³/mol. The van der Waals surface area contributed by atoms with Gasteiger partial charge in [0.1, 0.15) is 0 Å². The SMILES string of the molecule is C1=CC2c3cc(N(c4ccc(-c5ccc(N(c6cccc(-c7ccccc7)c6)c6ccc7c(c6)C6C=CC=CC6N7c6ccccc6)cc5)cc4)c4cccc(-c5ccccc5)c4)ccc3N(c3ccccc3)C2C=C1. The van der Waals surface area contributed by atoms with Crippen LogP contribution in [-0.4, -0.2) is 12.1 Å². The summed E-state index contributed by atoms with van der Waals surface area (Å²) in [4.78, 5) is 9.83. The topological polar surface area (TPSA) is 13.0 Å². The molecule has 4 nitrogen and oxygen atoms in total. The first-order valence-electron chi connectivity index (χ1n) is 26.5. The van der Waals surface area contributed by atoms with Crippen LogP contribution in [0, 0.1) is 0 Å². The van der Waals surface area contributed by atoms with E-state index in [1.165, 1.54) is 56.1 Å². The van der Waals surface area contributed by atoms with Crippen LogP contribution in [0.4, 0.5) is 56.9 Å². The summed E-state index contributed by atoms with van der Waals surface area (Å²) in [6.07, 6.45) is 18.2. The van der Waals surface area contributed by atoms with E-state index < -0.39 is 0 Å². The maximum atomic E-state index is 2.50. The van der Waals surface area contributed by atoms with Gasteiger partial charge in [-0.05, 0) is 154 Å². The van der Waals surface area contributed by atoms with Crippen LogP contribution < -0.4 is 19.6 Å². The van der Waals surface area contributed by atoms with E-state index in [2.05, 4.69) is 323 Å². The van der Waals surface area contributed by atoms with E-state index in [4.69, 9.17) is 0 Å². The zero-order valence-electron chi connectivity index (χ0n) is 42.0. The lowest BCUT2D eigenvalue weighted by Crippen LogP contribution is -2.28. The molecule has 0 spiro atoms. The quantitative estimate of drug-likeness (QED) is 0.128. The van der Waals surface area contributed by atoms with E-state index >= 15 is 0 Å². The second kappa shape index (κ2) is 19.3. The van der Waals surface area contributed by atoms with E-state index in [-0.39, 0.29) is 23.9 Å². The molecular weight excluding hydrogens is 921 g/mol. The fourth-order valence-corrected chi connectivity index (χ4v) is 12.1. The lowest BCUT2D eigenvalue weighted by atomic mass is 9.91. The van der Waals surface area contributed by atoms with Crippen molar-refractivity contribution in [1.29, 1.82) is 0 Å². The van der Waals surface area contributed by atoms with Crippen LogP contribution in [0.5, 0.6) is 0 Å². The van der Waals surface area contributed by atoms with Crippen LogP contribution in [0.25, 0.3) is 33.4 Å². The molecule has 0 saturated heterocycles. The number of rotatable bonds is 11. The maximum absolute atomic E-state index is 2.50. The summed E-state index contributed by atoms with van der Waals surface area (Å²) in [5.41, 5.74) is 21.3. The molecule has 0 amide bonds. The molecule has 0 aromatic heterocycles. The minimum Gasteiger partial charge on any atom is -0.333 e. The Morgan fingerprint density at radius 3 is 0.987 bits per heavy atom. The van der Waals surface area contributed by atoms with E-state index in [9.17, 15) is 0 Å². The third kappa shape index (κ3) is 8.12. The third-order valence-electron chi connectivity index (χ3n) is 15.7. The summed E-state index contributed by atoms with van der Waals surface area (Å²) in [6, 6.07) is 93.6. The van der Waals surface area contributed by atoms with Gasteiger partial charge in [-0.2, -0.15) is 0 Å². The van der Waals surface area contributed by atoms with Gasteiger partial charge in [0.15, 0.2) is 0 Å². The summed E-state index contributed by atoms with van der Waals surface area (Å²) >= 11 is 0. The Morgan fingerprint density at radius 2 is 0.579 bits per heavy atom. The molecule has 10 aromatic rings. The summed E-state index contributed by atoms with van der Waals surface area (Å²) in [5, 5.41) is 0. The second-order valence-electron chi connectivity index (χ2n) is 20.1. The zero-order chi connectivity index (χ0) is 50.4. The van der Waals surface area contributed by atoms with Gasteiger partial charge in [-0.25, -0.2) is 0 Å². The van der Waals surface area contributed by atoms with Gasteiger partial charge in [-0.15, -0.1) is 0 Å². The number of para-hydroxylation sites is 2. The van der Waals surface area contributed by atoms with E-state index in [0.29, 0.717) is 0 Å². The molecule has 2 heterocycles. The maximum Gasteiger partial charge on any atom is 0.0629 e. The smallest absolute Gasteiger partial charge is 0.0629 e. The average Bonchev–Trinajstić information content (AvgIpc) is 4.08. The monoisotopic (exact) mass is 974 g/mol. The first kappa shape index (κ1) is 45.0. The Kier molecular flexibility index (Phi) is 11.4. The van der Waals surface area contributed by atoms with Crippen molar-refractivity contribution in [3.63, 3.8) is 0 Å². The summed E-state index contributed by atoms with van der Waals surface area (Å²) in [6.45, 7) is 0. The van der Waals surface area contributed by atoms with Crippen LogP contribution in [-0.2, 0) is 0 Å². The molecule has 4 heteroatoms. The lowest BCUT2D eigenvalue weighted by molar-refractivity contribution is 0.745. The summed E-state index contributed by atoms with van der Waals surface area (Å²) in [5.74, 6) is 0.469. The van der Waals surface area contributed by atoms with Crippen LogP contribution in [0.1, 0.15) is 23.0 Å². The third-order valence-corrected chi connectivity index (χ3v) is 15.7. The van der Waals surface area contributed by atoms with Crippen molar-refractivity contribution in [3.8, 4) is 33.4 Å². The molecule has 362 valence electrons. The lowest BCUT2D eigenvalue weighted by Gasteiger charge is -2.29. The van der Waals surface area contributed by atoms with Crippen molar-refractivity contribution >= 4 is 56.9 Å². The number of allylic oxidation sites excluding steroid dienone is 4. The molecule has 0 bridgehead atoms. The van der Waals surface area contributed by atoms with Crippen molar-refractivity contribution in [1.82, 2.24) is 0 Å². The van der Waals surface area contributed by atoms with Gasteiger partial charge in [0.2, 0.25) is 0 Å². The van der Waals surface area contributed by atoms with Gasteiger partial charge in [-0.3, -0.25) is 0 Å². The number of nitrogens with zero attached hydrogens (tertiary/aromatic N) is 4. The van der Waals surface area contributed by atoms with Gasteiger partial charge < -0.3 is 19.6 Å². The fraction of sp³-hybridized carbons (Fsp3) is 0.0556. The molecule has 0 N–H and O–H groups in total. The minimum atomic E-state index is 0.211. The molecule has 2 aliphatic heterocycles. The Labute approximate surface area is 446 Å².